The minimum Gasteiger partial charge on any atom is -0.494 e. The van der Waals surface area contributed by atoms with Gasteiger partial charge in [-0.25, -0.2) is 4.98 Å². The molecule has 0 aliphatic carbocycles. The summed E-state index contributed by atoms with van der Waals surface area (Å²) < 4.78 is 12.7. The van der Waals surface area contributed by atoms with Crippen molar-refractivity contribution in [1.82, 2.24) is 19.8 Å². The number of hydrogen-bond donors (Lipinski definition) is 2. The number of nitrogens with two attached hydrogens (primary N) is 1. The number of imidazole rings is 1. The van der Waals surface area contributed by atoms with Gasteiger partial charge >= 0.3 is 0 Å². The van der Waals surface area contributed by atoms with Gasteiger partial charge in [0.25, 0.3) is 5.91 Å². The number of methoxy groups -OCH3 is 2. The van der Waals surface area contributed by atoms with Crippen LogP contribution in [0.1, 0.15) is 43.7 Å². The summed E-state index contributed by atoms with van der Waals surface area (Å²) >= 11 is 0. The summed E-state index contributed by atoms with van der Waals surface area (Å²) in [7, 11) is 3.30. The smallest absolute Gasteiger partial charge is 0.290 e. The predicted octanol–water partition coefficient (Wildman–Crippen LogP) is 2.03. The Kier molecular flexibility index (Phi) is 8.68. The van der Waals surface area contributed by atoms with Crippen molar-refractivity contribution >= 4 is 22.8 Å². The third kappa shape index (κ3) is 5.83. The molecular weight excluding hydrogens is 422 g/mol. The van der Waals surface area contributed by atoms with E-state index in [4.69, 9.17) is 20.2 Å². The van der Waals surface area contributed by atoms with Crippen LogP contribution in [0.3, 0.4) is 0 Å². The number of rotatable bonds is 11. The number of fused-ring (bicyclic) bond motifs is 1. The molecule has 1 saturated heterocycles. The molecule has 2 heterocycles. The van der Waals surface area contributed by atoms with E-state index in [0.717, 1.165) is 18.4 Å². The molecule has 33 heavy (non-hydrogen) atoms. The van der Waals surface area contributed by atoms with Crippen LogP contribution in [0.4, 0.5) is 0 Å². The van der Waals surface area contributed by atoms with E-state index >= 15 is 0 Å². The Bertz CT molecular complexity index is 958. The van der Waals surface area contributed by atoms with Crippen molar-refractivity contribution in [2.24, 2.45) is 17.6 Å². The van der Waals surface area contributed by atoms with E-state index in [2.05, 4.69) is 19.2 Å². The summed E-state index contributed by atoms with van der Waals surface area (Å²) in [6.45, 7) is 7.22. The van der Waals surface area contributed by atoms with Gasteiger partial charge in [0.2, 0.25) is 5.91 Å². The van der Waals surface area contributed by atoms with Gasteiger partial charge in [0.05, 0.1) is 18.5 Å². The van der Waals surface area contributed by atoms with Crippen LogP contribution in [0.25, 0.3) is 11.0 Å². The molecule has 1 aliphatic heterocycles. The molecule has 1 aromatic heterocycles. The molecule has 1 fully saturated rings. The van der Waals surface area contributed by atoms with Gasteiger partial charge in [-0.3, -0.25) is 9.59 Å². The number of aromatic nitrogens is 2. The molecule has 1 unspecified atom stereocenters. The van der Waals surface area contributed by atoms with Crippen LogP contribution in [-0.2, 0) is 16.1 Å². The molecule has 3 N–H and O–H groups in total. The Labute approximate surface area is 195 Å². The van der Waals surface area contributed by atoms with Crippen LogP contribution >= 0.6 is 0 Å². The third-order valence-corrected chi connectivity index (χ3v) is 6.13. The van der Waals surface area contributed by atoms with E-state index in [1.807, 2.05) is 27.7 Å². The predicted molar refractivity (Wildman–Crippen MR) is 127 cm³/mol. The number of ether oxygens (including phenoxy) is 2. The fraction of sp³-hybridized carbons (Fsp3) is 0.625. The van der Waals surface area contributed by atoms with Gasteiger partial charge in [-0.05, 0) is 37.3 Å². The van der Waals surface area contributed by atoms with E-state index in [0.29, 0.717) is 56.3 Å². The van der Waals surface area contributed by atoms with Crippen molar-refractivity contribution in [3.05, 3.63) is 24.0 Å². The highest BCUT2D eigenvalue weighted by Gasteiger charge is 2.34. The second kappa shape index (κ2) is 11.5. The number of amides is 2. The molecule has 9 nitrogen and oxygen atoms in total. The summed E-state index contributed by atoms with van der Waals surface area (Å²) in [6.07, 6.45) is 2.30. The number of carbonyl (C=O) groups is 2. The molecular formula is C24H37N5O4. The lowest BCUT2D eigenvalue weighted by Gasteiger charge is -2.38. The van der Waals surface area contributed by atoms with Gasteiger partial charge < -0.3 is 30.0 Å². The molecule has 2 atom stereocenters. The lowest BCUT2D eigenvalue weighted by Crippen LogP contribution is -2.54. The van der Waals surface area contributed by atoms with Crippen LogP contribution in [0.5, 0.6) is 5.75 Å². The molecule has 0 bridgehead atoms. The number of piperidine rings is 1. The van der Waals surface area contributed by atoms with Crippen molar-refractivity contribution in [1.29, 1.82) is 0 Å². The fourth-order valence-corrected chi connectivity index (χ4v) is 4.49. The van der Waals surface area contributed by atoms with Gasteiger partial charge in [0, 0.05) is 45.9 Å². The zero-order valence-corrected chi connectivity index (χ0v) is 20.2. The Balaban J connectivity index is 1.99. The summed E-state index contributed by atoms with van der Waals surface area (Å²) in [5, 5.41) is 3.28. The lowest BCUT2D eigenvalue weighted by atomic mass is 9.93. The zero-order chi connectivity index (χ0) is 24.0. The molecule has 9 heteroatoms. The van der Waals surface area contributed by atoms with Crippen molar-refractivity contribution < 1.29 is 19.1 Å². The largest absolute Gasteiger partial charge is 0.494 e. The molecule has 182 valence electrons. The second-order valence-electron chi connectivity index (χ2n) is 9.11. The highest BCUT2D eigenvalue weighted by molar-refractivity contribution is 5.96. The number of primary amides is 1. The second-order valence-corrected chi connectivity index (χ2v) is 9.11. The maximum atomic E-state index is 14.0. The highest BCUT2D eigenvalue weighted by Crippen LogP contribution is 2.28. The number of benzene rings is 1. The quantitative estimate of drug-likeness (QED) is 0.498. The number of aryl methyl sites for hydroxylation is 1. The molecule has 0 saturated carbocycles. The van der Waals surface area contributed by atoms with Gasteiger partial charge in [0.15, 0.2) is 5.82 Å². The number of para-hydroxylation sites is 1. The molecule has 2 aromatic rings. The van der Waals surface area contributed by atoms with E-state index in [1.165, 1.54) is 0 Å². The third-order valence-electron chi connectivity index (χ3n) is 6.13. The first-order chi connectivity index (χ1) is 15.9. The summed E-state index contributed by atoms with van der Waals surface area (Å²) in [6, 6.07) is 5.61. The molecule has 0 spiro atoms. The first kappa shape index (κ1) is 25.0. The molecule has 1 aliphatic rings. The molecule has 3 rings (SSSR count). The average Bonchev–Trinajstić information content (AvgIpc) is 3.18. The minimum atomic E-state index is -0.334. The lowest BCUT2D eigenvalue weighted by molar-refractivity contribution is -0.122. The van der Waals surface area contributed by atoms with Crippen LogP contribution in [0, 0.1) is 11.8 Å². The number of carbonyl (C=O) groups excluding carboxylic acids is 2. The molecule has 2 amide bonds. The van der Waals surface area contributed by atoms with Gasteiger partial charge in [-0.1, -0.05) is 19.9 Å². The van der Waals surface area contributed by atoms with Crippen LogP contribution in [0.2, 0.25) is 0 Å². The topological polar surface area (TPSA) is 112 Å². The van der Waals surface area contributed by atoms with E-state index in [9.17, 15) is 9.59 Å². The van der Waals surface area contributed by atoms with Crippen LogP contribution in [0.15, 0.2) is 18.2 Å². The van der Waals surface area contributed by atoms with E-state index in [-0.39, 0.29) is 29.7 Å². The Hall–Kier alpha value is -2.65. The van der Waals surface area contributed by atoms with Gasteiger partial charge in [-0.15, -0.1) is 0 Å². The van der Waals surface area contributed by atoms with E-state index in [1.54, 1.807) is 14.2 Å². The molecule has 0 radical (unpaired) electrons. The summed E-state index contributed by atoms with van der Waals surface area (Å²) in [5.74, 6) is 0.538. The van der Waals surface area contributed by atoms with Gasteiger partial charge in [0.1, 0.15) is 11.3 Å². The van der Waals surface area contributed by atoms with Gasteiger partial charge in [-0.2, -0.15) is 0 Å². The average molecular weight is 460 g/mol. The first-order valence-corrected chi connectivity index (χ1v) is 11.7. The van der Waals surface area contributed by atoms with Crippen molar-refractivity contribution in [2.75, 3.05) is 40.5 Å². The normalized spacial score (nSPS) is 18.6. The molecule has 1 aromatic carbocycles. The Morgan fingerprint density at radius 1 is 1.27 bits per heavy atom. The number of hydrogen-bond acceptors (Lipinski definition) is 6. The van der Waals surface area contributed by atoms with E-state index < -0.39 is 0 Å². The van der Waals surface area contributed by atoms with Crippen LogP contribution < -0.4 is 15.8 Å². The fourth-order valence-electron chi connectivity index (χ4n) is 4.49. The maximum Gasteiger partial charge on any atom is 0.290 e. The van der Waals surface area contributed by atoms with Crippen molar-refractivity contribution in [2.45, 2.75) is 45.7 Å². The Morgan fingerprint density at radius 2 is 2.06 bits per heavy atom. The standard InChI is InChI=1S/C24H37N5O4/c1-16(2)15-29(18-12-17(22(25)30)13-26-14-18)24(31)23-27-21-19(8-7-9-20(21)33-4)28(23)10-5-6-11-32-3/h7-9,16-18,26H,5-6,10-15H2,1-4H3,(H2,25,30)/t17-,18?/m1/s1. The summed E-state index contributed by atoms with van der Waals surface area (Å²) in [5.41, 5.74) is 7.13. The monoisotopic (exact) mass is 459 g/mol. The van der Waals surface area contributed by atoms with Crippen LogP contribution in [-0.4, -0.2) is 72.8 Å². The number of nitrogens with zero attached hydrogens (tertiary/aromatic N) is 3. The maximum absolute atomic E-state index is 14.0. The number of unbranched alkanes of at least 4 members (excludes halogenated alkanes) is 1. The SMILES string of the molecule is COCCCCn1c(C(=O)N(CC(C)C)C2CNC[C@H](C(N)=O)C2)nc2c(OC)cccc21. The minimum absolute atomic E-state index is 0.130. The summed E-state index contributed by atoms with van der Waals surface area (Å²) in [4.78, 5) is 32.4. The zero-order valence-electron chi connectivity index (χ0n) is 20.2. The number of nitrogens with one attached hydrogen (secondary N) is 1. The highest BCUT2D eigenvalue weighted by atomic mass is 16.5. The first-order valence-electron chi connectivity index (χ1n) is 11.7. The van der Waals surface area contributed by atoms with Crippen molar-refractivity contribution in [3.8, 4) is 5.75 Å². The van der Waals surface area contributed by atoms with Crippen molar-refractivity contribution in [3.63, 3.8) is 0 Å². The Morgan fingerprint density at radius 3 is 2.73 bits per heavy atom.